The lowest BCUT2D eigenvalue weighted by Crippen LogP contribution is -2.12. The van der Waals surface area contributed by atoms with Crippen LogP contribution in [0.4, 0.5) is 0 Å². The van der Waals surface area contributed by atoms with Crippen molar-refractivity contribution in [1.29, 1.82) is 0 Å². The molecule has 0 radical (unpaired) electrons. The third-order valence-electron chi connectivity index (χ3n) is 3.13. The summed E-state index contributed by atoms with van der Waals surface area (Å²) < 4.78 is 16.6. The topological polar surface area (TPSA) is 44.8 Å². The highest BCUT2D eigenvalue weighted by Gasteiger charge is 2.17. The zero-order chi connectivity index (χ0) is 13.7. The minimum absolute atomic E-state index is 0.0495. The summed E-state index contributed by atoms with van der Waals surface area (Å²) in [5.41, 5.74) is 1.60. The Hall–Kier alpha value is -1.39. The van der Waals surface area contributed by atoms with Gasteiger partial charge >= 0.3 is 0 Å². The average molecular weight is 264 g/mol. The van der Waals surface area contributed by atoms with E-state index < -0.39 is 0 Å². The molecule has 1 unspecified atom stereocenters. The monoisotopic (exact) mass is 264 g/mol. The predicted molar refractivity (Wildman–Crippen MR) is 71.6 cm³/mol. The Balaban J connectivity index is 2.09. The zero-order valence-electron chi connectivity index (χ0n) is 11.5. The van der Waals surface area contributed by atoms with E-state index in [1.165, 1.54) is 0 Å². The Morgan fingerprint density at radius 3 is 2.95 bits per heavy atom. The van der Waals surface area contributed by atoms with Crippen LogP contribution < -0.4 is 4.74 Å². The molecule has 1 aliphatic rings. The Morgan fingerprint density at radius 2 is 2.32 bits per heavy atom. The van der Waals surface area contributed by atoms with Crippen molar-refractivity contribution in [3.63, 3.8) is 0 Å². The van der Waals surface area contributed by atoms with Gasteiger partial charge < -0.3 is 14.2 Å². The van der Waals surface area contributed by atoms with Gasteiger partial charge in [-0.3, -0.25) is 4.79 Å². The number of ketones is 1. The molecule has 0 bridgehead atoms. The normalized spacial score (nSPS) is 18.5. The van der Waals surface area contributed by atoms with Crippen LogP contribution in [0, 0.1) is 0 Å². The van der Waals surface area contributed by atoms with E-state index in [2.05, 4.69) is 0 Å². The quantitative estimate of drug-likeness (QED) is 0.741. The summed E-state index contributed by atoms with van der Waals surface area (Å²) in [6.07, 6.45) is 1.08. The van der Waals surface area contributed by atoms with Crippen LogP contribution in [0.15, 0.2) is 18.2 Å². The molecular formula is C15H20O4. The Morgan fingerprint density at radius 1 is 1.47 bits per heavy atom. The summed E-state index contributed by atoms with van der Waals surface area (Å²) in [5.74, 6) is 0.833. The molecule has 0 N–H and O–H groups in total. The second-order valence-electron chi connectivity index (χ2n) is 4.61. The van der Waals surface area contributed by atoms with Gasteiger partial charge in [-0.25, -0.2) is 0 Å². The number of rotatable bonds is 6. The first kappa shape index (κ1) is 14.0. The number of ether oxygens (including phenoxy) is 3. The third-order valence-corrected chi connectivity index (χ3v) is 3.13. The first-order valence-electron chi connectivity index (χ1n) is 6.66. The van der Waals surface area contributed by atoms with E-state index in [0.717, 1.165) is 24.3 Å². The van der Waals surface area contributed by atoms with Gasteiger partial charge in [0.25, 0.3) is 0 Å². The van der Waals surface area contributed by atoms with Crippen molar-refractivity contribution >= 4 is 5.78 Å². The molecule has 0 aliphatic carbocycles. The second-order valence-corrected chi connectivity index (χ2v) is 4.61. The van der Waals surface area contributed by atoms with Gasteiger partial charge in [-0.2, -0.15) is 0 Å². The van der Waals surface area contributed by atoms with Gasteiger partial charge in [0.1, 0.15) is 5.75 Å². The standard InChI is InChI=1S/C15H20O4/c1-3-18-15-5-4-12(11(2)16)8-13(15)9-19-14-6-7-17-10-14/h4-5,8,14H,3,6-7,9-10H2,1-2H3. The predicted octanol–water partition coefficient (Wildman–Crippen LogP) is 2.59. The molecule has 104 valence electrons. The second kappa shape index (κ2) is 6.68. The highest BCUT2D eigenvalue weighted by molar-refractivity contribution is 5.94. The molecule has 4 heteroatoms. The summed E-state index contributed by atoms with van der Waals surface area (Å²) in [7, 11) is 0. The molecule has 1 atom stereocenters. The van der Waals surface area contributed by atoms with Gasteiger partial charge in [-0.05, 0) is 38.5 Å². The molecule has 1 fully saturated rings. The molecule has 4 nitrogen and oxygen atoms in total. The molecule has 0 spiro atoms. The number of hydrogen-bond acceptors (Lipinski definition) is 4. The average Bonchev–Trinajstić information content (AvgIpc) is 2.90. The maximum absolute atomic E-state index is 11.4. The first-order valence-corrected chi connectivity index (χ1v) is 6.66. The molecule has 1 aromatic rings. The van der Waals surface area contributed by atoms with E-state index >= 15 is 0 Å². The largest absolute Gasteiger partial charge is 0.494 e. The number of Topliss-reactive ketones (excluding diaryl/α,β-unsaturated/α-hetero) is 1. The maximum Gasteiger partial charge on any atom is 0.159 e. The van der Waals surface area contributed by atoms with Crippen LogP contribution in [-0.4, -0.2) is 31.7 Å². The van der Waals surface area contributed by atoms with E-state index in [9.17, 15) is 4.79 Å². The highest BCUT2D eigenvalue weighted by Crippen LogP contribution is 2.23. The van der Waals surface area contributed by atoms with Crippen molar-refractivity contribution in [2.45, 2.75) is 33.0 Å². The van der Waals surface area contributed by atoms with E-state index in [1.54, 1.807) is 13.0 Å². The first-order chi connectivity index (χ1) is 9.20. The highest BCUT2D eigenvalue weighted by atomic mass is 16.5. The lowest BCUT2D eigenvalue weighted by molar-refractivity contribution is 0.0307. The summed E-state index contributed by atoms with van der Waals surface area (Å²) in [6.45, 7) is 5.95. The van der Waals surface area contributed by atoms with Crippen molar-refractivity contribution in [2.24, 2.45) is 0 Å². The number of carbonyl (C=O) groups excluding carboxylic acids is 1. The van der Waals surface area contributed by atoms with Crippen LogP contribution in [0.25, 0.3) is 0 Å². The van der Waals surface area contributed by atoms with Gasteiger partial charge in [0.05, 0.1) is 25.9 Å². The lowest BCUT2D eigenvalue weighted by atomic mass is 10.1. The van der Waals surface area contributed by atoms with Crippen LogP contribution in [0.2, 0.25) is 0 Å². The number of benzene rings is 1. The fourth-order valence-corrected chi connectivity index (χ4v) is 2.06. The molecule has 1 saturated heterocycles. The van der Waals surface area contributed by atoms with Crippen molar-refractivity contribution in [2.75, 3.05) is 19.8 Å². The SMILES string of the molecule is CCOc1ccc(C(C)=O)cc1COC1CCOC1. The lowest BCUT2D eigenvalue weighted by Gasteiger charge is -2.14. The summed E-state index contributed by atoms with van der Waals surface area (Å²) in [5, 5.41) is 0. The minimum atomic E-state index is 0.0495. The fraction of sp³-hybridized carbons (Fsp3) is 0.533. The van der Waals surface area contributed by atoms with Gasteiger partial charge in [0, 0.05) is 17.7 Å². The summed E-state index contributed by atoms with van der Waals surface area (Å²) in [4.78, 5) is 11.4. The van der Waals surface area contributed by atoms with Crippen LogP contribution in [0.3, 0.4) is 0 Å². The molecule has 0 aromatic heterocycles. The van der Waals surface area contributed by atoms with Crippen molar-refractivity contribution in [1.82, 2.24) is 0 Å². The molecule has 1 heterocycles. The Kier molecular flexibility index (Phi) is 4.93. The van der Waals surface area contributed by atoms with E-state index in [4.69, 9.17) is 14.2 Å². The minimum Gasteiger partial charge on any atom is -0.494 e. The van der Waals surface area contributed by atoms with Gasteiger partial charge in [0.15, 0.2) is 5.78 Å². The van der Waals surface area contributed by atoms with Crippen LogP contribution >= 0.6 is 0 Å². The zero-order valence-corrected chi connectivity index (χ0v) is 11.5. The third kappa shape index (κ3) is 3.78. The maximum atomic E-state index is 11.4. The van der Waals surface area contributed by atoms with Crippen LogP contribution in [0.1, 0.15) is 36.2 Å². The summed E-state index contributed by atoms with van der Waals surface area (Å²) >= 11 is 0. The van der Waals surface area contributed by atoms with E-state index in [0.29, 0.717) is 25.4 Å². The van der Waals surface area contributed by atoms with Crippen molar-refractivity contribution in [3.8, 4) is 5.75 Å². The van der Waals surface area contributed by atoms with E-state index in [1.807, 2.05) is 19.1 Å². The Labute approximate surface area is 113 Å². The van der Waals surface area contributed by atoms with Crippen molar-refractivity contribution in [3.05, 3.63) is 29.3 Å². The van der Waals surface area contributed by atoms with Crippen molar-refractivity contribution < 1.29 is 19.0 Å². The van der Waals surface area contributed by atoms with Gasteiger partial charge in [-0.15, -0.1) is 0 Å². The molecule has 2 rings (SSSR count). The van der Waals surface area contributed by atoms with Crippen LogP contribution in [0.5, 0.6) is 5.75 Å². The van der Waals surface area contributed by atoms with Gasteiger partial charge in [0.2, 0.25) is 0 Å². The molecule has 0 saturated carbocycles. The fourth-order valence-electron chi connectivity index (χ4n) is 2.06. The molecule has 1 aliphatic heterocycles. The van der Waals surface area contributed by atoms with E-state index in [-0.39, 0.29) is 11.9 Å². The van der Waals surface area contributed by atoms with Gasteiger partial charge in [-0.1, -0.05) is 0 Å². The smallest absolute Gasteiger partial charge is 0.159 e. The Bertz CT molecular complexity index is 436. The number of hydrogen-bond donors (Lipinski definition) is 0. The molecule has 1 aromatic carbocycles. The summed E-state index contributed by atoms with van der Waals surface area (Å²) in [6, 6.07) is 5.47. The number of carbonyl (C=O) groups is 1. The molecule has 0 amide bonds. The van der Waals surface area contributed by atoms with Crippen LogP contribution in [-0.2, 0) is 16.1 Å². The molecule has 19 heavy (non-hydrogen) atoms. The molecular weight excluding hydrogens is 244 g/mol.